The third-order valence-electron chi connectivity index (χ3n) is 1.73. The number of hydrogen-bond acceptors (Lipinski definition) is 3. The van der Waals surface area contributed by atoms with Crippen molar-refractivity contribution in [3.8, 4) is 5.75 Å². The fraction of sp³-hybridized carbons (Fsp3) is 0.333. The smallest absolute Gasteiger partial charge is 0.151 e. The van der Waals surface area contributed by atoms with Gasteiger partial charge in [-0.15, -0.1) is 11.6 Å². The Labute approximate surface area is 100 Å². The van der Waals surface area contributed by atoms with E-state index in [1.54, 1.807) is 0 Å². The van der Waals surface area contributed by atoms with Crippen LogP contribution in [0.25, 0.3) is 0 Å². The van der Waals surface area contributed by atoms with Gasteiger partial charge >= 0.3 is 0 Å². The molecular formula is C9H10BrClFNO2. The second-order valence-electron chi connectivity index (χ2n) is 2.97. The minimum absolute atomic E-state index is 0.0395. The van der Waals surface area contributed by atoms with E-state index < -0.39 is 11.9 Å². The Morgan fingerprint density at radius 1 is 1.53 bits per heavy atom. The molecule has 0 heterocycles. The molecule has 1 aromatic rings. The molecule has 1 unspecified atom stereocenters. The van der Waals surface area contributed by atoms with Gasteiger partial charge in [0.2, 0.25) is 0 Å². The minimum Gasteiger partial charge on any atom is -0.506 e. The van der Waals surface area contributed by atoms with Crippen molar-refractivity contribution < 1.29 is 14.6 Å². The van der Waals surface area contributed by atoms with Crippen molar-refractivity contribution in [3.63, 3.8) is 0 Å². The number of hydrogen-bond donors (Lipinski definition) is 3. The molecule has 0 saturated heterocycles. The van der Waals surface area contributed by atoms with Gasteiger partial charge in [0.05, 0.1) is 12.0 Å². The first kappa shape index (κ1) is 12.5. The van der Waals surface area contributed by atoms with Crippen molar-refractivity contribution in [3.05, 3.63) is 22.4 Å². The fourth-order valence-electron chi connectivity index (χ4n) is 1.01. The maximum Gasteiger partial charge on any atom is 0.151 e. The summed E-state index contributed by atoms with van der Waals surface area (Å²) >= 11 is 8.41. The summed E-state index contributed by atoms with van der Waals surface area (Å²) in [5, 5.41) is 21.1. The number of anilines is 1. The number of aliphatic hydroxyl groups is 1. The molecule has 0 aliphatic heterocycles. The van der Waals surface area contributed by atoms with Crippen LogP contribution in [0.1, 0.15) is 0 Å². The summed E-state index contributed by atoms with van der Waals surface area (Å²) in [5.74, 6) is -0.765. The molecule has 1 aromatic carbocycles. The average Bonchev–Trinajstić information content (AvgIpc) is 2.15. The lowest BCUT2D eigenvalue weighted by molar-refractivity contribution is 0.211. The zero-order valence-corrected chi connectivity index (χ0v) is 10.0. The second kappa shape index (κ2) is 5.53. The number of halogens is 3. The highest BCUT2D eigenvalue weighted by Crippen LogP contribution is 2.30. The van der Waals surface area contributed by atoms with Gasteiger partial charge in [0.25, 0.3) is 0 Å². The summed E-state index contributed by atoms with van der Waals surface area (Å²) < 4.78 is 13.7. The molecule has 0 amide bonds. The maximum absolute atomic E-state index is 13.3. The zero-order chi connectivity index (χ0) is 11.4. The van der Waals surface area contributed by atoms with Gasteiger partial charge in [-0.3, -0.25) is 0 Å². The Balaban J connectivity index is 2.77. The minimum atomic E-state index is -0.783. The summed E-state index contributed by atoms with van der Waals surface area (Å²) in [6.45, 7) is 0.0790. The van der Waals surface area contributed by atoms with Gasteiger partial charge in [0.1, 0.15) is 11.4 Å². The number of rotatable bonds is 4. The molecule has 1 rings (SSSR count). The standard InChI is InChI=1S/C9H10BrClFNO2/c10-5-1-7(12)9(8(15)2-5)13-4-6(14)3-11/h1-2,6,13-15H,3-4H2. The lowest BCUT2D eigenvalue weighted by Crippen LogP contribution is -2.21. The van der Waals surface area contributed by atoms with Crippen molar-refractivity contribution >= 4 is 33.2 Å². The SMILES string of the molecule is Oc1cc(Br)cc(F)c1NCC(O)CCl. The summed E-state index contributed by atoms with van der Waals surface area (Å²) in [7, 11) is 0. The van der Waals surface area contributed by atoms with Crippen LogP contribution in [-0.4, -0.2) is 28.7 Å². The quantitative estimate of drug-likeness (QED) is 0.590. The van der Waals surface area contributed by atoms with E-state index >= 15 is 0 Å². The van der Waals surface area contributed by atoms with Crippen molar-refractivity contribution in [2.24, 2.45) is 0 Å². The number of phenolic OH excluding ortho intramolecular Hbond substituents is 1. The highest BCUT2D eigenvalue weighted by atomic mass is 79.9. The van der Waals surface area contributed by atoms with Crippen LogP contribution in [0.4, 0.5) is 10.1 Å². The second-order valence-corrected chi connectivity index (χ2v) is 4.20. The van der Waals surface area contributed by atoms with Crippen LogP contribution in [0.3, 0.4) is 0 Å². The number of phenols is 1. The zero-order valence-electron chi connectivity index (χ0n) is 7.67. The van der Waals surface area contributed by atoms with Crippen LogP contribution in [0.2, 0.25) is 0 Å². The number of aliphatic hydroxyl groups excluding tert-OH is 1. The van der Waals surface area contributed by atoms with Crippen molar-refractivity contribution in [2.75, 3.05) is 17.7 Å². The first-order chi connectivity index (χ1) is 7.04. The van der Waals surface area contributed by atoms with Crippen LogP contribution in [0.15, 0.2) is 16.6 Å². The maximum atomic E-state index is 13.3. The third-order valence-corrected chi connectivity index (χ3v) is 2.54. The van der Waals surface area contributed by atoms with Gasteiger partial charge in [-0.05, 0) is 12.1 Å². The summed E-state index contributed by atoms with van der Waals surface area (Å²) in [6.07, 6.45) is -0.783. The van der Waals surface area contributed by atoms with E-state index in [1.165, 1.54) is 12.1 Å². The fourth-order valence-corrected chi connectivity index (χ4v) is 1.54. The molecule has 0 radical (unpaired) electrons. The number of aromatic hydroxyl groups is 1. The molecule has 3 nitrogen and oxygen atoms in total. The van der Waals surface area contributed by atoms with Gasteiger partial charge < -0.3 is 15.5 Å². The van der Waals surface area contributed by atoms with Gasteiger partial charge in [-0.25, -0.2) is 4.39 Å². The Hall–Kier alpha value is -0.520. The third kappa shape index (κ3) is 3.52. The van der Waals surface area contributed by atoms with Crippen molar-refractivity contribution in [1.82, 2.24) is 0 Å². The number of alkyl halides is 1. The lowest BCUT2D eigenvalue weighted by atomic mass is 10.2. The van der Waals surface area contributed by atoms with E-state index in [9.17, 15) is 9.50 Å². The van der Waals surface area contributed by atoms with Crippen LogP contribution < -0.4 is 5.32 Å². The molecule has 6 heteroatoms. The molecule has 15 heavy (non-hydrogen) atoms. The summed E-state index contributed by atoms with van der Waals surface area (Å²) in [4.78, 5) is 0. The molecule has 0 aliphatic rings. The molecular weight excluding hydrogens is 288 g/mol. The van der Waals surface area contributed by atoms with Crippen molar-refractivity contribution in [1.29, 1.82) is 0 Å². The molecule has 0 saturated carbocycles. The molecule has 0 aliphatic carbocycles. The number of benzene rings is 1. The molecule has 84 valence electrons. The van der Waals surface area contributed by atoms with E-state index in [-0.39, 0.29) is 23.9 Å². The highest BCUT2D eigenvalue weighted by molar-refractivity contribution is 9.10. The molecule has 0 spiro atoms. The summed E-state index contributed by atoms with van der Waals surface area (Å²) in [6, 6.07) is 2.58. The lowest BCUT2D eigenvalue weighted by Gasteiger charge is -2.12. The first-order valence-corrected chi connectivity index (χ1v) is 5.53. The topological polar surface area (TPSA) is 52.5 Å². The van der Waals surface area contributed by atoms with Gasteiger partial charge in [0.15, 0.2) is 5.82 Å². The van der Waals surface area contributed by atoms with E-state index in [1.807, 2.05) is 0 Å². The Kier molecular flexibility index (Phi) is 4.63. The van der Waals surface area contributed by atoms with Crippen LogP contribution in [0.5, 0.6) is 5.75 Å². The Bertz CT molecular complexity index is 328. The Morgan fingerprint density at radius 3 is 2.73 bits per heavy atom. The van der Waals surface area contributed by atoms with E-state index in [0.29, 0.717) is 4.47 Å². The number of nitrogens with one attached hydrogen (secondary N) is 1. The molecule has 3 N–H and O–H groups in total. The molecule has 0 fully saturated rings. The van der Waals surface area contributed by atoms with E-state index in [2.05, 4.69) is 21.2 Å². The Morgan fingerprint density at radius 2 is 2.20 bits per heavy atom. The normalized spacial score (nSPS) is 12.5. The van der Waals surface area contributed by atoms with Gasteiger partial charge in [-0.1, -0.05) is 15.9 Å². The van der Waals surface area contributed by atoms with Crippen LogP contribution in [0, 0.1) is 5.82 Å². The monoisotopic (exact) mass is 297 g/mol. The van der Waals surface area contributed by atoms with E-state index in [0.717, 1.165) is 0 Å². The van der Waals surface area contributed by atoms with Gasteiger partial charge in [-0.2, -0.15) is 0 Å². The largest absolute Gasteiger partial charge is 0.506 e. The van der Waals surface area contributed by atoms with Crippen molar-refractivity contribution in [2.45, 2.75) is 6.10 Å². The molecule has 0 bridgehead atoms. The van der Waals surface area contributed by atoms with Crippen LogP contribution in [-0.2, 0) is 0 Å². The first-order valence-electron chi connectivity index (χ1n) is 4.20. The summed E-state index contributed by atoms with van der Waals surface area (Å²) in [5.41, 5.74) is -0.0395. The van der Waals surface area contributed by atoms with Gasteiger partial charge in [0, 0.05) is 11.0 Å². The van der Waals surface area contributed by atoms with Crippen LogP contribution >= 0.6 is 27.5 Å². The molecule has 1 atom stereocenters. The highest BCUT2D eigenvalue weighted by Gasteiger charge is 2.10. The average molecular weight is 299 g/mol. The van der Waals surface area contributed by atoms with E-state index in [4.69, 9.17) is 16.7 Å². The predicted octanol–water partition coefficient (Wildman–Crippen LogP) is 2.31. The predicted molar refractivity (Wildman–Crippen MR) is 61.0 cm³/mol. The molecule has 0 aromatic heterocycles.